The number of fused-ring (bicyclic) bond motifs is 1. The molecule has 124 valence electrons. The second-order valence-corrected chi connectivity index (χ2v) is 7.49. The number of carbonyl (C=O) groups is 1. The molecule has 0 saturated carbocycles. The molecular weight excluding hydrogens is 356 g/mol. The van der Waals surface area contributed by atoms with Crippen LogP contribution >= 0.6 is 15.9 Å². The number of hydrogen-bond acceptors (Lipinski definition) is 3. The van der Waals surface area contributed by atoms with Crippen molar-refractivity contribution in [3.05, 3.63) is 40.0 Å². The van der Waals surface area contributed by atoms with Gasteiger partial charge in [-0.3, -0.25) is 4.98 Å². The van der Waals surface area contributed by atoms with Crippen molar-refractivity contribution in [2.75, 3.05) is 7.05 Å². The standard InChI is InChI=1S/C18H23BrN2O2/c1-6-12-9-13(11-21(5)17(22)23-18(2,3)4)16-14(10-12)15(19)7-8-20-16/h7-10H,6,11H2,1-5H3. The Morgan fingerprint density at radius 1 is 1.35 bits per heavy atom. The van der Waals surface area contributed by atoms with Gasteiger partial charge in [-0.1, -0.05) is 28.9 Å². The number of pyridine rings is 1. The average molecular weight is 379 g/mol. The number of amides is 1. The summed E-state index contributed by atoms with van der Waals surface area (Å²) < 4.78 is 6.43. The molecule has 0 aliphatic heterocycles. The van der Waals surface area contributed by atoms with E-state index < -0.39 is 5.60 Å². The molecule has 0 atom stereocenters. The van der Waals surface area contributed by atoms with E-state index in [1.807, 2.05) is 26.8 Å². The van der Waals surface area contributed by atoms with E-state index in [1.165, 1.54) is 5.56 Å². The smallest absolute Gasteiger partial charge is 0.410 e. The molecule has 1 heterocycles. The van der Waals surface area contributed by atoms with Gasteiger partial charge in [0.1, 0.15) is 5.60 Å². The van der Waals surface area contributed by atoms with Gasteiger partial charge < -0.3 is 9.64 Å². The molecule has 0 aliphatic rings. The number of ether oxygens (including phenoxy) is 1. The monoisotopic (exact) mass is 378 g/mol. The fourth-order valence-corrected chi connectivity index (χ4v) is 2.77. The van der Waals surface area contributed by atoms with Gasteiger partial charge in [-0.05, 0) is 50.5 Å². The van der Waals surface area contributed by atoms with Crippen LogP contribution in [-0.2, 0) is 17.7 Å². The highest BCUT2D eigenvalue weighted by Gasteiger charge is 2.20. The van der Waals surface area contributed by atoms with Crippen molar-refractivity contribution in [1.29, 1.82) is 0 Å². The highest BCUT2D eigenvalue weighted by molar-refractivity contribution is 9.10. The van der Waals surface area contributed by atoms with E-state index in [0.717, 1.165) is 27.4 Å². The summed E-state index contributed by atoms with van der Waals surface area (Å²) in [5.41, 5.74) is 2.65. The maximum atomic E-state index is 12.2. The Kier molecular flexibility index (Phi) is 5.30. The second-order valence-electron chi connectivity index (χ2n) is 6.63. The van der Waals surface area contributed by atoms with Gasteiger partial charge in [0, 0.05) is 23.1 Å². The molecule has 0 fully saturated rings. The summed E-state index contributed by atoms with van der Waals surface area (Å²) in [6, 6.07) is 6.19. The zero-order valence-corrected chi connectivity index (χ0v) is 15.9. The molecule has 0 saturated heterocycles. The van der Waals surface area contributed by atoms with Crippen LogP contribution in [0.15, 0.2) is 28.9 Å². The lowest BCUT2D eigenvalue weighted by Crippen LogP contribution is -2.33. The molecular formula is C18H23BrN2O2. The Labute approximate surface area is 146 Å². The number of carbonyl (C=O) groups excluding carboxylic acids is 1. The Hall–Kier alpha value is -1.62. The van der Waals surface area contributed by atoms with Gasteiger partial charge in [-0.25, -0.2) is 4.79 Å². The highest BCUT2D eigenvalue weighted by Crippen LogP contribution is 2.27. The largest absolute Gasteiger partial charge is 0.444 e. The number of aryl methyl sites for hydroxylation is 1. The normalized spacial score (nSPS) is 11.6. The molecule has 0 radical (unpaired) electrons. The van der Waals surface area contributed by atoms with Crippen molar-refractivity contribution in [3.8, 4) is 0 Å². The summed E-state index contributed by atoms with van der Waals surface area (Å²) in [5, 5.41) is 1.07. The number of benzene rings is 1. The quantitative estimate of drug-likeness (QED) is 0.760. The van der Waals surface area contributed by atoms with Crippen molar-refractivity contribution in [2.45, 2.75) is 46.3 Å². The first-order valence-electron chi connectivity index (χ1n) is 7.71. The van der Waals surface area contributed by atoms with Crippen molar-refractivity contribution in [3.63, 3.8) is 0 Å². The first-order chi connectivity index (χ1) is 10.7. The number of rotatable bonds is 3. The van der Waals surface area contributed by atoms with Crippen LogP contribution < -0.4 is 0 Å². The highest BCUT2D eigenvalue weighted by atomic mass is 79.9. The van der Waals surface area contributed by atoms with Gasteiger partial charge in [-0.2, -0.15) is 0 Å². The fourth-order valence-electron chi connectivity index (χ4n) is 2.35. The molecule has 0 aliphatic carbocycles. The van der Waals surface area contributed by atoms with E-state index >= 15 is 0 Å². The number of hydrogen-bond donors (Lipinski definition) is 0. The zero-order valence-electron chi connectivity index (χ0n) is 14.3. The van der Waals surface area contributed by atoms with Crippen LogP contribution in [0.5, 0.6) is 0 Å². The predicted octanol–water partition coefficient (Wildman–Crippen LogP) is 4.93. The van der Waals surface area contributed by atoms with Crippen LogP contribution in [0.4, 0.5) is 4.79 Å². The van der Waals surface area contributed by atoms with Gasteiger partial charge in [0.2, 0.25) is 0 Å². The maximum absolute atomic E-state index is 12.2. The first kappa shape index (κ1) is 17.7. The molecule has 1 amide bonds. The minimum absolute atomic E-state index is 0.331. The van der Waals surface area contributed by atoms with E-state index in [9.17, 15) is 4.79 Å². The van der Waals surface area contributed by atoms with Crippen LogP contribution in [0.3, 0.4) is 0 Å². The minimum atomic E-state index is -0.500. The van der Waals surface area contributed by atoms with Gasteiger partial charge in [0.05, 0.1) is 12.1 Å². The Bertz CT molecular complexity index is 723. The molecule has 5 heteroatoms. The molecule has 0 N–H and O–H groups in total. The molecule has 1 aromatic heterocycles. The van der Waals surface area contributed by atoms with Gasteiger partial charge >= 0.3 is 6.09 Å². The second kappa shape index (κ2) is 6.87. The average Bonchev–Trinajstić information content (AvgIpc) is 2.46. The molecule has 1 aromatic carbocycles. The van der Waals surface area contributed by atoms with E-state index in [1.54, 1.807) is 18.1 Å². The zero-order chi connectivity index (χ0) is 17.2. The van der Waals surface area contributed by atoms with Crippen LogP contribution in [-0.4, -0.2) is 28.6 Å². The first-order valence-corrected chi connectivity index (χ1v) is 8.50. The predicted molar refractivity (Wildman–Crippen MR) is 96.5 cm³/mol. The molecule has 4 nitrogen and oxygen atoms in total. The van der Waals surface area contributed by atoms with Crippen molar-refractivity contribution >= 4 is 32.9 Å². The Morgan fingerprint density at radius 3 is 2.65 bits per heavy atom. The fraction of sp³-hybridized carbons (Fsp3) is 0.444. The molecule has 23 heavy (non-hydrogen) atoms. The van der Waals surface area contributed by atoms with Crippen molar-refractivity contribution in [1.82, 2.24) is 9.88 Å². The lowest BCUT2D eigenvalue weighted by molar-refractivity contribution is 0.0285. The van der Waals surface area contributed by atoms with Crippen molar-refractivity contribution < 1.29 is 9.53 Å². The van der Waals surface area contributed by atoms with Crippen LogP contribution in [0, 0.1) is 0 Å². The SMILES string of the molecule is CCc1cc(CN(C)C(=O)OC(C)(C)C)c2nccc(Br)c2c1. The summed E-state index contributed by atoms with van der Waals surface area (Å²) in [4.78, 5) is 18.3. The Morgan fingerprint density at radius 2 is 2.04 bits per heavy atom. The molecule has 2 aromatic rings. The van der Waals surface area contributed by atoms with Gasteiger partial charge in [0.25, 0.3) is 0 Å². The molecule has 0 bridgehead atoms. The third-order valence-electron chi connectivity index (χ3n) is 3.45. The van der Waals surface area contributed by atoms with Crippen molar-refractivity contribution in [2.24, 2.45) is 0 Å². The van der Waals surface area contributed by atoms with Crippen LogP contribution in [0.2, 0.25) is 0 Å². The lowest BCUT2D eigenvalue weighted by atomic mass is 10.0. The molecule has 2 rings (SSSR count). The summed E-state index contributed by atoms with van der Waals surface area (Å²) in [6.07, 6.45) is 2.37. The third-order valence-corrected chi connectivity index (χ3v) is 4.14. The van der Waals surface area contributed by atoms with Gasteiger partial charge in [0.15, 0.2) is 0 Å². The van der Waals surface area contributed by atoms with E-state index in [0.29, 0.717) is 6.54 Å². The van der Waals surface area contributed by atoms with E-state index in [4.69, 9.17) is 4.74 Å². The summed E-state index contributed by atoms with van der Waals surface area (Å²) in [5.74, 6) is 0. The summed E-state index contributed by atoms with van der Waals surface area (Å²) in [7, 11) is 1.75. The van der Waals surface area contributed by atoms with Gasteiger partial charge in [-0.15, -0.1) is 0 Å². The molecule has 0 spiro atoms. The third kappa shape index (κ3) is 4.44. The van der Waals surface area contributed by atoms with E-state index in [2.05, 4.69) is 40.0 Å². The summed E-state index contributed by atoms with van der Waals surface area (Å²) >= 11 is 3.58. The lowest BCUT2D eigenvalue weighted by Gasteiger charge is -2.25. The Balaban J connectivity index is 2.35. The number of nitrogens with zero attached hydrogens (tertiary/aromatic N) is 2. The molecule has 0 unspecified atom stereocenters. The topological polar surface area (TPSA) is 42.4 Å². The number of aromatic nitrogens is 1. The maximum Gasteiger partial charge on any atom is 0.410 e. The minimum Gasteiger partial charge on any atom is -0.444 e. The summed E-state index contributed by atoms with van der Waals surface area (Å²) in [6.45, 7) is 8.18. The number of halogens is 1. The van der Waals surface area contributed by atoms with Crippen LogP contribution in [0.1, 0.15) is 38.8 Å². The van der Waals surface area contributed by atoms with E-state index in [-0.39, 0.29) is 6.09 Å². The van der Waals surface area contributed by atoms with Crippen LogP contribution in [0.25, 0.3) is 10.9 Å².